The third-order valence-corrected chi connectivity index (χ3v) is 5.37. The molecular weight excluding hydrogens is 327 g/mol. The van der Waals surface area contributed by atoms with Crippen LogP contribution in [0.25, 0.3) is 43.8 Å². The van der Waals surface area contributed by atoms with Crippen LogP contribution >= 0.6 is 0 Å². The van der Waals surface area contributed by atoms with Crippen LogP contribution in [0.5, 0.6) is 0 Å². The Morgan fingerprint density at radius 1 is 0.778 bits per heavy atom. The van der Waals surface area contributed by atoms with Crippen molar-refractivity contribution in [2.24, 2.45) is 0 Å². The smallest absolute Gasteiger partial charge is 0.163 e. The first-order chi connectivity index (χ1) is 13.1. The van der Waals surface area contributed by atoms with Crippen molar-refractivity contribution in [3.05, 3.63) is 72.8 Å². The van der Waals surface area contributed by atoms with E-state index in [9.17, 15) is 0 Å². The minimum atomic E-state index is 0.393. The molecule has 0 amide bonds. The monoisotopic (exact) mass is 348 g/mol. The van der Waals surface area contributed by atoms with E-state index in [1.54, 1.807) is 0 Å². The van der Waals surface area contributed by atoms with Gasteiger partial charge in [0.15, 0.2) is 7.85 Å². The molecule has 0 unspecified atom stereocenters. The summed E-state index contributed by atoms with van der Waals surface area (Å²) in [5.41, 5.74) is 5.85. The van der Waals surface area contributed by atoms with Crippen LogP contribution in [-0.4, -0.2) is 17.4 Å². The van der Waals surface area contributed by atoms with Crippen LogP contribution < -0.4 is 5.59 Å². The molecule has 0 bridgehead atoms. The fourth-order valence-electron chi connectivity index (χ4n) is 4.26. The summed E-state index contributed by atoms with van der Waals surface area (Å²) in [5, 5.41) is 5.06. The van der Waals surface area contributed by atoms with Gasteiger partial charge in [-0.25, -0.2) is 0 Å². The van der Waals surface area contributed by atoms with Crippen LogP contribution in [0, 0.1) is 0 Å². The number of rotatable bonds is 2. The van der Waals surface area contributed by atoms with E-state index in [1.165, 1.54) is 38.1 Å². The number of para-hydroxylation sites is 1. The lowest BCUT2D eigenvalue weighted by Gasteiger charge is -2.13. The first-order valence-electron chi connectivity index (χ1n) is 9.53. The second-order valence-electron chi connectivity index (χ2n) is 7.55. The van der Waals surface area contributed by atoms with Gasteiger partial charge in [-0.15, -0.1) is 0 Å². The Bertz CT molecular complexity index is 1310. The summed E-state index contributed by atoms with van der Waals surface area (Å²) in [4.78, 5) is 4.90. The van der Waals surface area contributed by atoms with Crippen molar-refractivity contribution in [1.29, 1.82) is 0 Å². The summed E-state index contributed by atoms with van der Waals surface area (Å²) in [6.45, 7) is 4.50. The number of aromatic nitrogens is 2. The number of fused-ring (bicyclic) bond motifs is 4. The lowest BCUT2D eigenvalue weighted by Crippen LogP contribution is -2.09. The van der Waals surface area contributed by atoms with E-state index in [2.05, 4.69) is 99.1 Å². The summed E-state index contributed by atoms with van der Waals surface area (Å²) in [6.07, 6.45) is 0. The van der Waals surface area contributed by atoms with Gasteiger partial charge in [-0.3, -0.25) is 4.98 Å². The van der Waals surface area contributed by atoms with Gasteiger partial charge < -0.3 is 4.57 Å². The van der Waals surface area contributed by atoms with Gasteiger partial charge in [-0.05, 0) is 43.0 Å². The fourth-order valence-corrected chi connectivity index (χ4v) is 4.26. The van der Waals surface area contributed by atoms with Crippen molar-refractivity contribution in [3.63, 3.8) is 0 Å². The molecule has 5 aromatic rings. The zero-order valence-electron chi connectivity index (χ0n) is 15.9. The highest BCUT2D eigenvalue weighted by Crippen LogP contribution is 2.35. The summed E-state index contributed by atoms with van der Waals surface area (Å²) >= 11 is 0. The molecule has 0 fully saturated rings. The van der Waals surface area contributed by atoms with E-state index in [0.29, 0.717) is 6.04 Å². The van der Waals surface area contributed by atoms with E-state index < -0.39 is 0 Å². The molecule has 0 radical (unpaired) electrons. The van der Waals surface area contributed by atoms with Gasteiger partial charge in [0.05, 0.1) is 11.2 Å². The number of nitrogens with zero attached hydrogens (tertiary/aromatic N) is 2. The average molecular weight is 348 g/mol. The molecule has 0 saturated carbocycles. The Morgan fingerprint density at radius 2 is 1.48 bits per heavy atom. The maximum absolute atomic E-state index is 4.90. The maximum atomic E-state index is 4.90. The third kappa shape index (κ3) is 2.46. The van der Waals surface area contributed by atoms with Gasteiger partial charge in [0, 0.05) is 33.3 Å². The second kappa shape index (κ2) is 5.99. The topological polar surface area (TPSA) is 17.8 Å². The highest BCUT2D eigenvalue weighted by molar-refractivity contribution is 6.32. The lowest BCUT2D eigenvalue weighted by molar-refractivity contribution is 0.642. The quantitative estimate of drug-likeness (QED) is 0.417. The molecule has 5 rings (SSSR count). The predicted octanol–water partition coefficient (Wildman–Crippen LogP) is 4.85. The van der Waals surface area contributed by atoms with Crippen LogP contribution in [0.4, 0.5) is 0 Å². The van der Waals surface area contributed by atoms with Gasteiger partial charge >= 0.3 is 0 Å². The largest absolute Gasteiger partial charge is 0.338 e. The number of pyridine rings is 1. The van der Waals surface area contributed by atoms with Crippen molar-refractivity contribution in [1.82, 2.24) is 9.55 Å². The highest BCUT2D eigenvalue weighted by Gasteiger charge is 2.14. The lowest BCUT2D eigenvalue weighted by atomic mass is 9.96. The molecule has 27 heavy (non-hydrogen) atoms. The normalized spacial score (nSPS) is 11.8. The number of hydrogen-bond donors (Lipinski definition) is 0. The highest BCUT2D eigenvalue weighted by atomic mass is 15.0. The van der Waals surface area contributed by atoms with Crippen molar-refractivity contribution in [3.8, 4) is 11.3 Å². The standard InChI is InChI=1S/C24H21BN2/c1-15(2)27-21-10-6-5-9-19(21)20-12-11-17(13-22(20)27)24-18-8-4-3-7-16(18)14-23(25)26-24/h3-15H,25H2,1-2H3. The zero-order chi connectivity index (χ0) is 18.5. The Hall–Kier alpha value is -3.07. The molecule has 130 valence electrons. The minimum absolute atomic E-state index is 0.393. The zero-order valence-corrected chi connectivity index (χ0v) is 15.9. The third-order valence-electron chi connectivity index (χ3n) is 5.37. The molecule has 0 atom stereocenters. The molecule has 2 heterocycles. The SMILES string of the molecule is Bc1cc2ccccc2c(-c2ccc3c4ccccc4n(C(C)C)c3c2)n1. The Morgan fingerprint density at radius 3 is 2.30 bits per heavy atom. The maximum Gasteiger partial charge on any atom is 0.163 e. The van der Waals surface area contributed by atoms with Crippen LogP contribution in [0.2, 0.25) is 0 Å². The molecule has 0 aliphatic carbocycles. The Balaban J connectivity index is 1.87. The minimum Gasteiger partial charge on any atom is -0.338 e. The van der Waals surface area contributed by atoms with E-state index in [-0.39, 0.29) is 0 Å². The summed E-state index contributed by atoms with van der Waals surface area (Å²) in [6, 6.07) is 26.5. The number of hydrogen-bond acceptors (Lipinski definition) is 1. The van der Waals surface area contributed by atoms with Crippen molar-refractivity contribution < 1.29 is 0 Å². The van der Waals surface area contributed by atoms with Crippen LogP contribution in [0.15, 0.2) is 72.8 Å². The van der Waals surface area contributed by atoms with Crippen molar-refractivity contribution in [2.75, 3.05) is 0 Å². The van der Waals surface area contributed by atoms with Gasteiger partial charge in [0.25, 0.3) is 0 Å². The average Bonchev–Trinajstić information content (AvgIpc) is 3.01. The molecule has 3 heteroatoms. The first kappa shape index (κ1) is 16.1. The Labute approximate surface area is 159 Å². The summed E-state index contributed by atoms with van der Waals surface area (Å²) in [7, 11) is 2.07. The van der Waals surface area contributed by atoms with Crippen LogP contribution in [-0.2, 0) is 0 Å². The molecule has 0 saturated heterocycles. The van der Waals surface area contributed by atoms with Gasteiger partial charge in [0.2, 0.25) is 0 Å². The van der Waals surface area contributed by atoms with Crippen molar-refractivity contribution in [2.45, 2.75) is 19.9 Å². The van der Waals surface area contributed by atoms with Gasteiger partial charge in [0.1, 0.15) is 0 Å². The molecule has 0 spiro atoms. The van der Waals surface area contributed by atoms with Gasteiger partial charge in [-0.1, -0.05) is 54.6 Å². The van der Waals surface area contributed by atoms with E-state index in [1.807, 2.05) is 0 Å². The van der Waals surface area contributed by atoms with Crippen LogP contribution in [0.3, 0.4) is 0 Å². The van der Waals surface area contributed by atoms with E-state index >= 15 is 0 Å². The summed E-state index contributed by atoms with van der Waals surface area (Å²) in [5.74, 6) is 0. The molecule has 3 aromatic carbocycles. The predicted molar refractivity (Wildman–Crippen MR) is 119 cm³/mol. The molecule has 0 N–H and O–H groups in total. The first-order valence-corrected chi connectivity index (χ1v) is 9.53. The van der Waals surface area contributed by atoms with Crippen LogP contribution in [0.1, 0.15) is 19.9 Å². The molecule has 0 aliphatic heterocycles. The van der Waals surface area contributed by atoms with Crippen molar-refractivity contribution >= 4 is 46.0 Å². The molecule has 2 nitrogen and oxygen atoms in total. The Kier molecular flexibility index (Phi) is 3.58. The van der Waals surface area contributed by atoms with Gasteiger partial charge in [-0.2, -0.15) is 0 Å². The van der Waals surface area contributed by atoms with E-state index in [0.717, 1.165) is 11.3 Å². The molecular formula is C24H21BN2. The fraction of sp³-hybridized carbons (Fsp3) is 0.125. The molecule has 2 aromatic heterocycles. The van der Waals surface area contributed by atoms with E-state index in [4.69, 9.17) is 4.98 Å². The summed E-state index contributed by atoms with van der Waals surface area (Å²) < 4.78 is 2.44. The number of benzene rings is 3. The molecule has 0 aliphatic rings. The second-order valence-corrected chi connectivity index (χ2v) is 7.55.